The summed E-state index contributed by atoms with van der Waals surface area (Å²) in [6.45, 7) is 3.84. The van der Waals surface area contributed by atoms with Crippen LogP contribution in [0.2, 0.25) is 0 Å². The topological polar surface area (TPSA) is 246 Å². The van der Waals surface area contributed by atoms with E-state index in [1.807, 2.05) is 0 Å². The van der Waals surface area contributed by atoms with Crippen LogP contribution < -0.4 is 22.4 Å². The first kappa shape index (κ1) is 36.8. The van der Waals surface area contributed by atoms with Gasteiger partial charge in [-0.2, -0.15) is 0 Å². The summed E-state index contributed by atoms with van der Waals surface area (Å²) in [5.74, 6) is -2.56. The first-order valence-electron chi connectivity index (χ1n) is 18.1. The normalized spacial score (nSPS) is 36.6. The lowest BCUT2D eigenvalue weighted by atomic mass is 9.43. The summed E-state index contributed by atoms with van der Waals surface area (Å²) in [6, 6.07) is 2.03. The highest BCUT2D eigenvalue weighted by Crippen LogP contribution is 2.78. The number of aliphatic imine (C=N–C) groups is 1. The average molecular weight is 715 g/mol. The van der Waals surface area contributed by atoms with Crippen LogP contribution in [0.25, 0.3) is 0 Å². The third kappa shape index (κ3) is 6.62. The number of nitrogens with one attached hydrogen (secondary N) is 1. The van der Waals surface area contributed by atoms with Gasteiger partial charge in [-0.25, -0.2) is 9.59 Å². The zero-order valence-electron chi connectivity index (χ0n) is 29.2. The van der Waals surface area contributed by atoms with E-state index >= 15 is 0 Å². The van der Waals surface area contributed by atoms with Crippen molar-refractivity contribution in [1.29, 1.82) is 0 Å². The highest BCUT2D eigenvalue weighted by Gasteiger charge is 2.85. The predicted octanol–water partition coefficient (Wildman–Crippen LogP) is 1.73. The van der Waals surface area contributed by atoms with Crippen LogP contribution in [-0.4, -0.2) is 83.1 Å². The minimum atomic E-state index is -1.19. The van der Waals surface area contributed by atoms with Gasteiger partial charge >= 0.3 is 23.5 Å². The number of amides is 1. The molecule has 1 aromatic rings. The summed E-state index contributed by atoms with van der Waals surface area (Å²) in [7, 11) is 0. The fourth-order valence-electron chi connectivity index (χ4n) is 10.8. The van der Waals surface area contributed by atoms with E-state index in [4.69, 9.17) is 30.1 Å². The molecule has 1 saturated heterocycles. The van der Waals surface area contributed by atoms with Crippen molar-refractivity contribution in [3.63, 3.8) is 0 Å². The Hall–Kier alpha value is -3.98. The maximum absolute atomic E-state index is 12.8. The minimum absolute atomic E-state index is 0.00841. The van der Waals surface area contributed by atoms with Crippen molar-refractivity contribution in [1.82, 2.24) is 5.32 Å². The molecule has 1 aliphatic heterocycles. The number of fused-ring (bicyclic) bond motifs is 3. The van der Waals surface area contributed by atoms with E-state index in [1.165, 1.54) is 19.3 Å². The second-order valence-electron chi connectivity index (χ2n) is 15.4. The molecule has 1 spiro atoms. The SMILES string of the molecule is CC(=O)O[C@H]1[C@H]2O[C@]23[C@@H]2CC[C@@H]4C[C@@H](OC(=O)CCC(=O)N[C@@H](CCCN=C(N)N)C(=O)O)CC[C@]4(CO)[C@H]2CC[C@]3(C)[C@H]1c1ccc(=O)oc1. The molecule has 5 aliphatic rings. The molecule has 4 saturated carbocycles. The number of aliphatic hydroxyl groups is 1. The largest absolute Gasteiger partial charge is 0.480 e. The van der Waals surface area contributed by atoms with Gasteiger partial charge in [-0.3, -0.25) is 19.4 Å². The molecule has 7 N–H and O–H groups in total. The number of carboxylic acids is 1. The molecule has 1 aromatic heterocycles. The number of guanidine groups is 1. The summed E-state index contributed by atoms with van der Waals surface area (Å²) in [6.07, 6.45) is 5.56. The van der Waals surface area contributed by atoms with E-state index in [0.717, 1.165) is 31.2 Å². The second kappa shape index (κ2) is 14.2. The molecule has 280 valence electrons. The van der Waals surface area contributed by atoms with Gasteiger partial charge in [0, 0.05) is 43.9 Å². The number of hydrogen-bond acceptors (Lipinski definition) is 11. The van der Waals surface area contributed by atoms with E-state index in [0.29, 0.717) is 25.7 Å². The first-order valence-corrected chi connectivity index (χ1v) is 18.1. The number of rotatable bonds is 13. The number of carbonyl (C=O) groups is 4. The molecule has 11 atom stereocenters. The van der Waals surface area contributed by atoms with Gasteiger partial charge in [-0.05, 0) is 92.6 Å². The Morgan fingerprint density at radius 1 is 1.08 bits per heavy atom. The molecule has 4 aliphatic carbocycles. The molecule has 15 nitrogen and oxygen atoms in total. The lowest BCUT2D eigenvalue weighted by Gasteiger charge is -2.61. The zero-order chi connectivity index (χ0) is 36.7. The summed E-state index contributed by atoms with van der Waals surface area (Å²) in [5, 5.41) is 23.0. The number of esters is 2. The Kier molecular flexibility index (Phi) is 10.3. The van der Waals surface area contributed by atoms with Crippen LogP contribution in [0.5, 0.6) is 0 Å². The van der Waals surface area contributed by atoms with Crippen molar-refractivity contribution in [2.75, 3.05) is 13.2 Å². The van der Waals surface area contributed by atoms with Crippen LogP contribution in [0.3, 0.4) is 0 Å². The summed E-state index contributed by atoms with van der Waals surface area (Å²) in [5.41, 5.74) is 9.63. The summed E-state index contributed by atoms with van der Waals surface area (Å²) in [4.78, 5) is 64.8. The molecule has 0 radical (unpaired) electrons. The first-order chi connectivity index (χ1) is 24.3. The van der Waals surface area contributed by atoms with Gasteiger partial charge in [0.15, 0.2) is 5.96 Å². The van der Waals surface area contributed by atoms with E-state index in [-0.39, 0.29) is 85.1 Å². The fraction of sp³-hybridized carbons (Fsp3) is 0.722. The number of nitrogens with two attached hydrogens (primary N) is 2. The van der Waals surface area contributed by atoms with Crippen molar-refractivity contribution in [3.8, 4) is 0 Å². The van der Waals surface area contributed by atoms with Crippen LogP contribution in [0.4, 0.5) is 0 Å². The Bertz CT molecular complexity index is 1590. The van der Waals surface area contributed by atoms with Crippen LogP contribution in [0.15, 0.2) is 32.6 Å². The number of hydrogen-bond donors (Lipinski definition) is 5. The smallest absolute Gasteiger partial charge is 0.335 e. The number of aliphatic hydroxyl groups excluding tert-OH is 1. The minimum Gasteiger partial charge on any atom is -0.480 e. The van der Waals surface area contributed by atoms with Crippen molar-refractivity contribution < 1.29 is 48.0 Å². The highest BCUT2D eigenvalue weighted by molar-refractivity contribution is 5.85. The molecular weight excluding hydrogens is 664 g/mol. The molecular formula is C36H50N4O11. The molecule has 5 fully saturated rings. The number of ether oxygens (including phenoxy) is 3. The quantitative estimate of drug-likeness (QED) is 0.0643. The van der Waals surface area contributed by atoms with Crippen LogP contribution in [-0.2, 0) is 33.4 Å². The van der Waals surface area contributed by atoms with Gasteiger partial charge in [0.05, 0.1) is 12.7 Å². The maximum Gasteiger partial charge on any atom is 0.335 e. The highest BCUT2D eigenvalue weighted by atomic mass is 16.7. The van der Waals surface area contributed by atoms with Crippen molar-refractivity contribution >= 4 is 29.8 Å². The van der Waals surface area contributed by atoms with Crippen LogP contribution >= 0.6 is 0 Å². The van der Waals surface area contributed by atoms with E-state index in [2.05, 4.69) is 17.2 Å². The van der Waals surface area contributed by atoms with Gasteiger partial charge in [-0.1, -0.05) is 6.92 Å². The van der Waals surface area contributed by atoms with E-state index in [9.17, 15) is 34.2 Å². The molecule has 1 amide bonds. The summed E-state index contributed by atoms with van der Waals surface area (Å²) < 4.78 is 23.7. The monoisotopic (exact) mass is 714 g/mol. The molecule has 15 heteroatoms. The Balaban J connectivity index is 1.08. The third-order valence-corrected chi connectivity index (χ3v) is 12.9. The maximum atomic E-state index is 12.8. The Morgan fingerprint density at radius 3 is 2.53 bits per heavy atom. The van der Waals surface area contributed by atoms with Crippen LogP contribution in [0, 0.1) is 28.6 Å². The van der Waals surface area contributed by atoms with Gasteiger partial charge in [0.1, 0.15) is 30.0 Å². The van der Waals surface area contributed by atoms with Gasteiger partial charge in [0.25, 0.3) is 0 Å². The number of carbonyl (C=O) groups excluding carboxylic acids is 3. The Labute approximate surface area is 295 Å². The van der Waals surface area contributed by atoms with Crippen LogP contribution in [0.1, 0.15) is 96.0 Å². The fourth-order valence-corrected chi connectivity index (χ4v) is 10.8. The Morgan fingerprint density at radius 2 is 1.86 bits per heavy atom. The number of aliphatic carboxylic acids is 1. The molecule has 2 heterocycles. The average Bonchev–Trinajstić information content (AvgIpc) is 3.79. The van der Waals surface area contributed by atoms with E-state index < -0.39 is 47.2 Å². The van der Waals surface area contributed by atoms with Gasteiger partial charge < -0.3 is 45.6 Å². The molecule has 0 bridgehead atoms. The molecule has 51 heavy (non-hydrogen) atoms. The lowest BCUT2D eigenvalue weighted by Crippen LogP contribution is -2.60. The molecule has 0 aromatic carbocycles. The van der Waals surface area contributed by atoms with Crippen molar-refractivity contribution in [2.45, 2.75) is 120 Å². The number of nitrogens with zero attached hydrogens (tertiary/aromatic N) is 1. The standard InChI is InChI=1S/C36H50N4O11/c1-19(42)49-30-29(20-5-9-27(44)48-17-20)34(2)13-12-23-24(36(34)31(30)51-36)7-6-21-16-22(11-14-35(21,23)18-41)50-28(45)10-8-26(43)40-25(32(46)47)4-3-15-39-33(37)38/h5,9,17,21-25,29-31,41H,3-4,6-8,10-16,18H2,1-2H3,(H,40,43)(H,46,47)(H4,37,38,39)/t21-,22+,23+,24-,25+,29+,30-,31-,34-,35-,36-/m1/s1. The van der Waals surface area contributed by atoms with Gasteiger partial charge in [0.2, 0.25) is 5.91 Å². The van der Waals surface area contributed by atoms with E-state index in [1.54, 1.807) is 6.07 Å². The molecule has 0 unspecified atom stereocenters. The van der Waals surface area contributed by atoms with Gasteiger partial charge in [-0.15, -0.1) is 0 Å². The van der Waals surface area contributed by atoms with Crippen molar-refractivity contribution in [2.24, 2.45) is 45.0 Å². The second-order valence-corrected chi connectivity index (χ2v) is 15.4. The number of carboxylic acid groups (broad SMARTS) is 1. The predicted molar refractivity (Wildman–Crippen MR) is 180 cm³/mol. The number of epoxide rings is 1. The van der Waals surface area contributed by atoms with Crippen molar-refractivity contribution in [3.05, 3.63) is 34.4 Å². The molecule has 6 rings (SSSR count). The third-order valence-electron chi connectivity index (χ3n) is 12.9. The lowest BCUT2D eigenvalue weighted by molar-refractivity contribution is -0.179. The zero-order valence-corrected chi connectivity index (χ0v) is 29.2. The summed E-state index contributed by atoms with van der Waals surface area (Å²) >= 11 is 0.